The number of nitro groups is 1. The second-order valence-corrected chi connectivity index (χ2v) is 8.20. The summed E-state index contributed by atoms with van der Waals surface area (Å²) in [7, 11) is 1.51. The summed E-state index contributed by atoms with van der Waals surface area (Å²) in [6.07, 6.45) is 1.46. The van der Waals surface area contributed by atoms with E-state index in [1.807, 2.05) is 0 Å². The Morgan fingerprint density at radius 3 is 2.65 bits per heavy atom. The summed E-state index contributed by atoms with van der Waals surface area (Å²) in [6, 6.07) is 17.2. The van der Waals surface area contributed by atoms with Gasteiger partial charge in [-0.15, -0.1) is 11.3 Å². The Morgan fingerprint density at radius 2 is 1.91 bits per heavy atom. The molecule has 0 unspecified atom stereocenters. The Hall–Kier alpha value is -4.31. The average Bonchev–Trinajstić information content (AvgIpc) is 3.27. The van der Waals surface area contributed by atoms with Crippen LogP contribution in [0.1, 0.15) is 20.8 Å². The first kappa shape index (κ1) is 22.9. The number of methoxy groups -OCH3 is 1. The SMILES string of the molecule is COc1cc(C=NNC(=O)c2cc3cc([N+](=O)[O-])ccc3s2)ccc1OCc1ccc(F)cc1. The van der Waals surface area contributed by atoms with Crippen LogP contribution in [0.15, 0.2) is 71.8 Å². The first-order chi connectivity index (χ1) is 16.4. The maximum absolute atomic E-state index is 13.0. The van der Waals surface area contributed by atoms with Gasteiger partial charge in [-0.2, -0.15) is 5.10 Å². The average molecular weight is 479 g/mol. The molecule has 1 aromatic heterocycles. The summed E-state index contributed by atoms with van der Waals surface area (Å²) >= 11 is 1.22. The van der Waals surface area contributed by atoms with E-state index in [-0.39, 0.29) is 18.1 Å². The van der Waals surface area contributed by atoms with Gasteiger partial charge in [0.15, 0.2) is 11.5 Å². The molecule has 0 spiro atoms. The standard InChI is InChI=1S/C24H18FN3O5S/c1-32-21-10-16(4-8-20(21)33-14-15-2-5-18(25)6-3-15)13-26-27-24(29)23-12-17-11-19(28(30)31)7-9-22(17)34-23/h2-13H,14H2,1H3,(H,27,29). The lowest BCUT2D eigenvalue weighted by molar-refractivity contribution is -0.384. The fourth-order valence-electron chi connectivity index (χ4n) is 3.10. The van der Waals surface area contributed by atoms with Gasteiger partial charge in [0.1, 0.15) is 12.4 Å². The van der Waals surface area contributed by atoms with Crippen molar-refractivity contribution in [1.82, 2.24) is 5.43 Å². The minimum atomic E-state index is -0.478. The minimum Gasteiger partial charge on any atom is -0.493 e. The summed E-state index contributed by atoms with van der Waals surface area (Å²) in [5.74, 6) is 0.246. The lowest BCUT2D eigenvalue weighted by atomic mass is 10.2. The van der Waals surface area contributed by atoms with E-state index in [2.05, 4.69) is 10.5 Å². The molecule has 8 nitrogen and oxygen atoms in total. The number of hydrogen-bond acceptors (Lipinski definition) is 7. The van der Waals surface area contributed by atoms with Crippen molar-refractivity contribution in [3.8, 4) is 11.5 Å². The van der Waals surface area contributed by atoms with Crippen molar-refractivity contribution >= 4 is 39.2 Å². The Kier molecular flexibility index (Phi) is 6.79. The number of fused-ring (bicyclic) bond motifs is 1. The molecule has 10 heteroatoms. The summed E-state index contributed by atoms with van der Waals surface area (Å²) in [6.45, 7) is 0.248. The molecule has 0 atom stereocenters. The number of hydrazone groups is 1. The molecule has 0 saturated carbocycles. The van der Waals surface area contributed by atoms with E-state index in [1.165, 1.54) is 48.9 Å². The van der Waals surface area contributed by atoms with Crippen LogP contribution in [0.25, 0.3) is 10.1 Å². The van der Waals surface area contributed by atoms with Gasteiger partial charge in [-0.3, -0.25) is 14.9 Å². The predicted molar refractivity (Wildman–Crippen MR) is 127 cm³/mol. The molecule has 34 heavy (non-hydrogen) atoms. The number of carbonyl (C=O) groups excluding carboxylic acids is 1. The third-order valence-corrected chi connectivity index (χ3v) is 5.92. The van der Waals surface area contributed by atoms with Crippen molar-refractivity contribution in [2.75, 3.05) is 7.11 Å². The molecule has 3 aromatic carbocycles. The van der Waals surface area contributed by atoms with Gasteiger partial charge < -0.3 is 9.47 Å². The van der Waals surface area contributed by atoms with E-state index in [9.17, 15) is 19.3 Å². The van der Waals surface area contributed by atoms with Gasteiger partial charge in [0.2, 0.25) is 0 Å². The maximum atomic E-state index is 13.0. The molecule has 172 valence electrons. The molecule has 1 N–H and O–H groups in total. The number of nitro benzene ring substituents is 1. The highest BCUT2D eigenvalue weighted by Crippen LogP contribution is 2.30. The zero-order valence-electron chi connectivity index (χ0n) is 17.9. The van der Waals surface area contributed by atoms with Gasteiger partial charge in [0.05, 0.1) is 23.1 Å². The van der Waals surface area contributed by atoms with E-state index in [0.717, 1.165) is 10.3 Å². The van der Waals surface area contributed by atoms with E-state index < -0.39 is 10.8 Å². The van der Waals surface area contributed by atoms with Crippen LogP contribution in [0.2, 0.25) is 0 Å². The highest BCUT2D eigenvalue weighted by molar-refractivity contribution is 7.20. The molecular formula is C24H18FN3O5S. The van der Waals surface area contributed by atoms with Gasteiger partial charge in [-0.25, -0.2) is 9.82 Å². The smallest absolute Gasteiger partial charge is 0.281 e. The Morgan fingerprint density at radius 1 is 1.12 bits per heavy atom. The second-order valence-electron chi connectivity index (χ2n) is 7.11. The number of non-ortho nitro benzene ring substituents is 1. The number of benzene rings is 3. The Labute approximate surface area is 197 Å². The molecule has 4 rings (SSSR count). The van der Waals surface area contributed by atoms with Crippen molar-refractivity contribution < 1.29 is 23.6 Å². The van der Waals surface area contributed by atoms with Crippen LogP contribution in [0.5, 0.6) is 11.5 Å². The summed E-state index contributed by atoms with van der Waals surface area (Å²) in [5, 5.41) is 15.5. The molecule has 0 fully saturated rings. The fraction of sp³-hybridized carbons (Fsp3) is 0.0833. The van der Waals surface area contributed by atoms with E-state index in [0.29, 0.717) is 27.3 Å². The zero-order valence-corrected chi connectivity index (χ0v) is 18.7. The molecule has 0 aliphatic rings. The topological polar surface area (TPSA) is 103 Å². The van der Waals surface area contributed by atoms with Gasteiger partial charge in [-0.05, 0) is 53.6 Å². The Bertz CT molecular complexity index is 1390. The number of nitrogens with one attached hydrogen (secondary N) is 1. The molecule has 1 heterocycles. The molecule has 0 aliphatic carbocycles. The van der Waals surface area contributed by atoms with Gasteiger partial charge in [0, 0.05) is 22.2 Å². The van der Waals surface area contributed by atoms with Crippen LogP contribution in [-0.4, -0.2) is 24.2 Å². The Balaban J connectivity index is 1.40. The molecule has 0 radical (unpaired) electrons. The number of hydrogen-bond donors (Lipinski definition) is 1. The van der Waals surface area contributed by atoms with Crippen LogP contribution in [0, 0.1) is 15.9 Å². The predicted octanol–water partition coefficient (Wildman–Crippen LogP) is 5.30. The minimum absolute atomic E-state index is 0.0330. The van der Waals surface area contributed by atoms with Crippen LogP contribution in [-0.2, 0) is 6.61 Å². The quantitative estimate of drug-likeness (QED) is 0.210. The number of rotatable bonds is 8. The number of amides is 1. The molecule has 0 bridgehead atoms. The van der Waals surface area contributed by atoms with Gasteiger partial charge in [0.25, 0.3) is 11.6 Å². The maximum Gasteiger partial charge on any atom is 0.281 e. The lowest BCUT2D eigenvalue weighted by Gasteiger charge is -2.11. The van der Waals surface area contributed by atoms with Crippen molar-refractivity contribution in [2.45, 2.75) is 6.61 Å². The van der Waals surface area contributed by atoms with Crippen molar-refractivity contribution in [2.24, 2.45) is 5.10 Å². The largest absolute Gasteiger partial charge is 0.493 e. The fourth-order valence-corrected chi connectivity index (χ4v) is 4.04. The summed E-state index contributed by atoms with van der Waals surface area (Å²) in [4.78, 5) is 23.3. The normalized spacial score (nSPS) is 11.0. The summed E-state index contributed by atoms with van der Waals surface area (Å²) in [5.41, 5.74) is 3.90. The number of ether oxygens (including phenoxy) is 2. The first-order valence-corrected chi connectivity index (χ1v) is 10.8. The molecular weight excluding hydrogens is 461 g/mol. The first-order valence-electron chi connectivity index (χ1n) is 9.99. The number of halogens is 1. The zero-order chi connectivity index (χ0) is 24.1. The lowest BCUT2D eigenvalue weighted by Crippen LogP contribution is -2.16. The highest BCUT2D eigenvalue weighted by atomic mass is 32.1. The van der Waals surface area contributed by atoms with Gasteiger partial charge in [-0.1, -0.05) is 12.1 Å². The van der Waals surface area contributed by atoms with Crippen LogP contribution in [0.3, 0.4) is 0 Å². The van der Waals surface area contributed by atoms with Gasteiger partial charge >= 0.3 is 0 Å². The van der Waals surface area contributed by atoms with Crippen LogP contribution in [0.4, 0.5) is 10.1 Å². The number of thiophene rings is 1. The summed E-state index contributed by atoms with van der Waals surface area (Å²) < 4.78 is 24.9. The molecule has 4 aromatic rings. The molecule has 0 aliphatic heterocycles. The van der Waals surface area contributed by atoms with Crippen molar-refractivity contribution in [3.63, 3.8) is 0 Å². The van der Waals surface area contributed by atoms with E-state index in [4.69, 9.17) is 9.47 Å². The van der Waals surface area contributed by atoms with Crippen LogP contribution >= 0.6 is 11.3 Å². The van der Waals surface area contributed by atoms with Crippen LogP contribution < -0.4 is 14.9 Å². The number of nitrogens with zero attached hydrogens (tertiary/aromatic N) is 2. The third kappa shape index (κ3) is 5.36. The van der Waals surface area contributed by atoms with Crippen molar-refractivity contribution in [1.29, 1.82) is 0 Å². The highest BCUT2D eigenvalue weighted by Gasteiger charge is 2.13. The molecule has 1 amide bonds. The van der Waals surface area contributed by atoms with E-state index in [1.54, 1.807) is 42.5 Å². The van der Waals surface area contributed by atoms with E-state index >= 15 is 0 Å². The number of carbonyl (C=O) groups is 1. The third-order valence-electron chi connectivity index (χ3n) is 4.81. The monoisotopic (exact) mass is 479 g/mol. The molecule has 0 saturated heterocycles. The van der Waals surface area contributed by atoms with Crippen molar-refractivity contribution in [3.05, 3.63) is 98.7 Å². The second kappa shape index (κ2) is 10.1.